The van der Waals surface area contributed by atoms with Gasteiger partial charge in [-0.15, -0.1) is 0 Å². The Bertz CT molecular complexity index is 675. The maximum absolute atomic E-state index is 13.4. The Morgan fingerprint density at radius 2 is 1.95 bits per heavy atom. The number of halogens is 2. The topological polar surface area (TPSA) is 42.8 Å². The van der Waals surface area contributed by atoms with Crippen LogP contribution in [0, 0.1) is 11.6 Å². The Labute approximate surface area is 127 Å². The van der Waals surface area contributed by atoms with Crippen LogP contribution in [0.2, 0.25) is 0 Å². The fraction of sp³-hybridized carbons (Fsp3) is 0.188. The standard InChI is InChI=1S/C16H16F2N2O2/c1-3-22-15-7-4-11(8-16(15)21-2)10-19-20-14-6-5-12(17)9-13(14)18/h4-10,20H,3H2,1-2H3/b19-10+. The average Bonchev–Trinajstić information content (AvgIpc) is 2.51. The third-order valence-electron chi connectivity index (χ3n) is 2.82. The number of ether oxygens (including phenoxy) is 2. The number of benzene rings is 2. The average molecular weight is 306 g/mol. The molecule has 22 heavy (non-hydrogen) atoms. The van der Waals surface area contributed by atoms with Crippen molar-refractivity contribution in [1.29, 1.82) is 0 Å². The quantitative estimate of drug-likeness (QED) is 0.652. The molecule has 0 heterocycles. The SMILES string of the molecule is CCOc1ccc(/C=N/Nc2ccc(F)cc2F)cc1OC. The fourth-order valence-corrected chi connectivity index (χ4v) is 1.80. The number of hydrazone groups is 1. The molecular weight excluding hydrogens is 290 g/mol. The zero-order valence-corrected chi connectivity index (χ0v) is 12.3. The Kier molecular flexibility index (Phi) is 5.30. The molecule has 116 valence electrons. The first-order valence-electron chi connectivity index (χ1n) is 6.69. The van der Waals surface area contributed by atoms with Crippen LogP contribution in [0.5, 0.6) is 11.5 Å². The van der Waals surface area contributed by atoms with Crippen LogP contribution in [-0.4, -0.2) is 19.9 Å². The summed E-state index contributed by atoms with van der Waals surface area (Å²) in [6.07, 6.45) is 1.50. The van der Waals surface area contributed by atoms with Gasteiger partial charge in [-0.1, -0.05) is 0 Å². The largest absolute Gasteiger partial charge is 0.493 e. The van der Waals surface area contributed by atoms with Crippen LogP contribution in [-0.2, 0) is 0 Å². The van der Waals surface area contributed by atoms with Gasteiger partial charge in [-0.25, -0.2) is 8.78 Å². The molecule has 2 aromatic carbocycles. The molecule has 4 nitrogen and oxygen atoms in total. The summed E-state index contributed by atoms with van der Waals surface area (Å²) in [6, 6.07) is 8.53. The molecular formula is C16H16F2N2O2. The van der Waals surface area contributed by atoms with Crippen molar-refractivity contribution in [3.05, 3.63) is 53.6 Å². The van der Waals surface area contributed by atoms with E-state index in [-0.39, 0.29) is 5.69 Å². The van der Waals surface area contributed by atoms with Gasteiger partial charge in [0.15, 0.2) is 17.3 Å². The van der Waals surface area contributed by atoms with Crippen molar-refractivity contribution in [1.82, 2.24) is 0 Å². The summed E-state index contributed by atoms with van der Waals surface area (Å²) in [5.74, 6) is -0.122. The molecule has 0 radical (unpaired) electrons. The highest BCUT2D eigenvalue weighted by atomic mass is 19.1. The molecule has 0 bridgehead atoms. The first-order chi connectivity index (χ1) is 10.6. The molecule has 0 aliphatic carbocycles. The Hall–Kier alpha value is -2.63. The molecule has 0 aliphatic heterocycles. The number of nitrogens with one attached hydrogen (secondary N) is 1. The maximum atomic E-state index is 13.4. The zero-order valence-electron chi connectivity index (χ0n) is 12.3. The molecule has 1 N–H and O–H groups in total. The normalized spacial score (nSPS) is 10.7. The lowest BCUT2D eigenvalue weighted by molar-refractivity contribution is 0.311. The van der Waals surface area contributed by atoms with Crippen molar-refractivity contribution in [2.45, 2.75) is 6.92 Å². The lowest BCUT2D eigenvalue weighted by Gasteiger charge is -2.09. The predicted octanol–water partition coefficient (Wildman–Crippen LogP) is 3.82. The third kappa shape index (κ3) is 3.94. The van der Waals surface area contributed by atoms with E-state index in [1.807, 2.05) is 6.92 Å². The molecule has 2 rings (SSSR count). The molecule has 0 unspecified atom stereocenters. The van der Waals surface area contributed by atoms with E-state index in [0.717, 1.165) is 17.7 Å². The minimum absolute atomic E-state index is 0.0931. The van der Waals surface area contributed by atoms with E-state index in [2.05, 4.69) is 10.5 Å². The first kappa shape index (κ1) is 15.8. The molecule has 0 saturated heterocycles. The van der Waals surface area contributed by atoms with E-state index in [0.29, 0.717) is 18.1 Å². The van der Waals surface area contributed by atoms with Crippen molar-refractivity contribution >= 4 is 11.9 Å². The highest BCUT2D eigenvalue weighted by molar-refractivity contribution is 5.81. The lowest BCUT2D eigenvalue weighted by Crippen LogP contribution is -1.97. The summed E-state index contributed by atoms with van der Waals surface area (Å²) in [6.45, 7) is 2.42. The van der Waals surface area contributed by atoms with Crippen molar-refractivity contribution in [2.75, 3.05) is 19.1 Å². The van der Waals surface area contributed by atoms with Gasteiger partial charge in [0, 0.05) is 6.07 Å². The number of rotatable bonds is 6. The Balaban J connectivity index is 2.09. The van der Waals surface area contributed by atoms with Crippen LogP contribution in [0.25, 0.3) is 0 Å². The zero-order chi connectivity index (χ0) is 15.9. The van der Waals surface area contributed by atoms with Crippen molar-refractivity contribution in [3.8, 4) is 11.5 Å². The van der Waals surface area contributed by atoms with E-state index in [1.54, 1.807) is 25.3 Å². The van der Waals surface area contributed by atoms with Gasteiger partial charge in [-0.05, 0) is 42.8 Å². The summed E-state index contributed by atoms with van der Waals surface area (Å²) in [5, 5.41) is 3.92. The third-order valence-corrected chi connectivity index (χ3v) is 2.82. The summed E-state index contributed by atoms with van der Waals surface area (Å²) < 4.78 is 36.8. The van der Waals surface area contributed by atoms with Crippen LogP contribution in [0.4, 0.5) is 14.5 Å². The second-order valence-electron chi connectivity index (χ2n) is 4.34. The first-order valence-corrected chi connectivity index (χ1v) is 6.69. The minimum Gasteiger partial charge on any atom is -0.493 e. The Morgan fingerprint density at radius 3 is 2.64 bits per heavy atom. The lowest BCUT2D eigenvalue weighted by atomic mass is 10.2. The molecule has 0 spiro atoms. The number of hydrogen-bond donors (Lipinski definition) is 1. The highest BCUT2D eigenvalue weighted by Gasteiger charge is 2.04. The van der Waals surface area contributed by atoms with Gasteiger partial charge in [0.25, 0.3) is 0 Å². The predicted molar refractivity (Wildman–Crippen MR) is 81.7 cm³/mol. The highest BCUT2D eigenvalue weighted by Crippen LogP contribution is 2.27. The molecule has 2 aromatic rings. The van der Waals surface area contributed by atoms with E-state index in [4.69, 9.17) is 9.47 Å². The molecule has 0 aliphatic rings. The molecule has 0 saturated carbocycles. The van der Waals surface area contributed by atoms with Crippen LogP contribution < -0.4 is 14.9 Å². The van der Waals surface area contributed by atoms with Gasteiger partial charge in [-0.2, -0.15) is 5.10 Å². The molecule has 0 fully saturated rings. The number of nitrogens with zero attached hydrogens (tertiary/aromatic N) is 1. The number of methoxy groups -OCH3 is 1. The summed E-state index contributed by atoms with van der Waals surface area (Å²) in [7, 11) is 1.55. The van der Waals surface area contributed by atoms with Crippen molar-refractivity contribution < 1.29 is 18.3 Å². The van der Waals surface area contributed by atoms with Crippen molar-refractivity contribution in [2.24, 2.45) is 5.10 Å². The van der Waals surface area contributed by atoms with E-state index >= 15 is 0 Å². The molecule has 6 heteroatoms. The van der Waals surface area contributed by atoms with E-state index < -0.39 is 11.6 Å². The van der Waals surface area contributed by atoms with Gasteiger partial charge in [-0.3, -0.25) is 5.43 Å². The molecule has 0 atom stereocenters. The van der Waals surface area contributed by atoms with Gasteiger partial charge in [0.05, 0.1) is 25.6 Å². The van der Waals surface area contributed by atoms with Gasteiger partial charge < -0.3 is 9.47 Å². The van der Waals surface area contributed by atoms with Crippen LogP contribution in [0.1, 0.15) is 12.5 Å². The van der Waals surface area contributed by atoms with Gasteiger partial charge >= 0.3 is 0 Å². The number of anilines is 1. The second-order valence-corrected chi connectivity index (χ2v) is 4.34. The monoisotopic (exact) mass is 306 g/mol. The summed E-state index contributed by atoms with van der Waals surface area (Å²) in [5.41, 5.74) is 3.36. The smallest absolute Gasteiger partial charge is 0.161 e. The maximum Gasteiger partial charge on any atom is 0.161 e. The number of hydrogen-bond acceptors (Lipinski definition) is 4. The van der Waals surface area contributed by atoms with Crippen molar-refractivity contribution in [3.63, 3.8) is 0 Å². The van der Waals surface area contributed by atoms with E-state index in [1.165, 1.54) is 12.3 Å². The van der Waals surface area contributed by atoms with Gasteiger partial charge in [0.2, 0.25) is 0 Å². The second kappa shape index (κ2) is 7.40. The molecule has 0 aromatic heterocycles. The summed E-state index contributed by atoms with van der Waals surface area (Å²) >= 11 is 0. The fourth-order valence-electron chi connectivity index (χ4n) is 1.80. The summed E-state index contributed by atoms with van der Waals surface area (Å²) in [4.78, 5) is 0. The minimum atomic E-state index is -0.707. The molecule has 0 amide bonds. The van der Waals surface area contributed by atoms with Crippen LogP contribution in [0.15, 0.2) is 41.5 Å². The van der Waals surface area contributed by atoms with Gasteiger partial charge in [0.1, 0.15) is 5.82 Å². The van der Waals surface area contributed by atoms with Crippen LogP contribution >= 0.6 is 0 Å². The van der Waals surface area contributed by atoms with Crippen LogP contribution in [0.3, 0.4) is 0 Å². The Morgan fingerprint density at radius 1 is 1.14 bits per heavy atom. The van der Waals surface area contributed by atoms with E-state index in [9.17, 15) is 8.78 Å².